The Kier molecular flexibility index (Phi) is 3.15. The van der Waals surface area contributed by atoms with E-state index >= 15 is 0 Å². The zero-order valence-corrected chi connectivity index (χ0v) is 9.27. The summed E-state index contributed by atoms with van der Waals surface area (Å²) in [5, 5.41) is 3.42. The van der Waals surface area contributed by atoms with Crippen LogP contribution < -0.4 is 5.32 Å². The predicted octanol–water partition coefficient (Wildman–Crippen LogP) is 1.80. The van der Waals surface area contributed by atoms with Gasteiger partial charge in [-0.25, -0.2) is 0 Å². The van der Waals surface area contributed by atoms with Gasteiger partial charge >= 0.3 is 0 Å². The molecular weight excluding hydrogens is 196 g/mol. The molecule has 1 aromatic heterocycles. The van der Waals surface area contributed by atoms with Crippen molar-refractivity contribution in [1.29, 1.82) is 0 Å². The molecule has 0 spiro atoms. The van der Waals surface area contributed by atoms with Crippen LogP contribution in [0.1, 0.15) is 24.6 Å². The van der Waals surface area contributed by atoms with Gasteiger partial charge in [-0.1, -0.05) is 0 Å². The highest BCUT2D eigenvalue weighted by Crippen LogP contribution is 2.23. The van der Waals surface area contributed by atoms with Gasteiger partial charge in [0.15, 0.2) is 0 Å². The molecule has 3 nitrogen and oxygen atoms in total. The Morgan fingerprint density at radius 3 is 3.29 bits per heavy atom. The lowest BCUT2D eigenvalue weighted by Crippen LogP contribution is -2.36. The number of aromatic nitrogens is 1. The molecule has 1 unspecified atom stereocenters. The maximum atomic E-state index is 5.69. The van der Waals surface area contributed by atoms with E-state index in [1.54, 1.807) is 11.3 Å². The first-order chi connectivity index (χ1) is 6.79. The lowest BCUT2D eigenvalue weighted by molar-refractivity contribution is 0.0207. The van der Waals surface area contributed by atoms with Crippen LogP contribution in [0.3, 0.4) is 0 Å². The monoisotopic (exact) mass is 212 g/mol. The van der Waals surface area contributed by atoms with Crippen molar-refractivity contribution >= 4 is 11.3 Å². The second kappa shape index (κ2) is 4.38. The molecule has 0 aliphatic carbocycles. The zero-order valence-electron chi connectivity index (χ0n) is 8.45. The quantitative estimate of drug-likeness (QED) is 0.826. The molecule has 1 aliphatic rings. The molecule has 2 rings (SSSR count). The van der Waals surface area contributed by atoms with Crippen molar-refractivity contribution in [2.24, 2.45) is 0 Å². The molecule has 0 radical (unpaired) electrons. The van der Waals surface area contributed by atoms with Crippen LogP contribution in [0.25, 0.3) is 0 Å². The van der Waals surface area contributed by atoms with Crippen LogP contribution in [0.2, 0.25) is 0 Å². The highest BCUT2D eigenvalue weighted by Gasteiger charge is 2.28. The second-order valence-corrected chi connectivity index (χ2v) is 4.94. The molecule has 1 atom stereocenters. The van der Waals surface area contributed by atoms with E-state index in [0.29, 0.717) is 0 Å². The Hall–Kier alpha value is -0.450. The Balaban J connectivity index is 1.72. The van der Waals surface area contributed by atoms with E-state index in [4.69, 9.17) is 4.74 Å². The Morgan fingerprint density at radius 1 is 1.71 bits per heavy atom. The highest BCUT2D eigenvalue weighted by molar-refractivity contribution is 7.09. The second-order valence-electron chi connectivity index (χ2n) is 3.97. The smallest absolute Gasteiger partial charge is 0.0794 e. The summed E-state index contributed by atoms with van der Waals surface area (Å²) in [4.78, 5) is 5.32. The van der Waals surface area contributed by atoms with Gasteiger partial charge in [-0.3, -0.25) is 4.98 Å². The standard InChI is InChI=1S/C10H16N2OS/c1-10(3-2-4-13-10)7-11-5-9-6-12-8-14-9/h6,8,11H,2-5,7H2,1H3. The first kappa shape index (κ1) is 10.1. The summed E-state index contributed by atoms with van der Waals surface area (Å²) < 4.78 is 5.69. The Morgan fingerprint density at radius 2 is 2.64 bits per heavy atom. The number of ether oxygens (including phenoxy) is 1. The summed E-state index contributed by atoms with van der Waals surface area (Å²) in [5.41, 5.74) is 1.93. The van der Waals surface area contributed by atoms with Crippen LogP contribution in [0.15, 0.2) is 11.7 Å². The average molecular weight is 212 g/mol. The first-order valence-corrected chi connectivity index (χ1v) is 5.89. The molecule has 1 fully saturated rings. The van der Waals surface area contributed by atoms with Crippen molar-refractivity contribution in [3.63, 3.8) is 0 Å². The fraction of sp³-hybridized carbons (Fsp3) is 0.700. The number of nitrogens with one attached hydrogen (secondary N) is 1. The number of rotatable bonds is 4. The van der Waals surface area contributed by atoms with E-state index < -0.39 is 0 Å². The molecule has 14 heavy (non-hydrogen) atoms. The predicted molar refractivity (Wildman–Crippen MR) is 57.4 cm³/mol. The lowest BCUT2D eigenvalue weighted by Gasteiger charge is -2.23. The average Bonchev–Trinajstić information content (AvgIpc) is 2.77. The molecule has 0 aromatic carbocycles. The lowest BCUT2D eigenvalue weighted by atomic mass is 10.0. The molecular formula is C10H16N2OS. The molecule has 1 saturated heterocycles. The molecule has 1 aromatic rings. The summed E-state index contributed by atoms with van der Waals surface area (Å²) in [7, 11) is 0. The van der Waals surface area contributed by atoms with Gasteiger partial charge < -0.3 is 10.1 Å². The van der Waals surface area contributed by atoms with Crippen molar-refractivity contribution in [2.75, 3.05) is 13.2 Å². The molecule has 1 N–H and O–H groups in total. The third kappa shape index (κ3) is 2.53. The number of hydrogen-bond donors (Lipinski definition) is 1. The topological polar surface area (TPSA) is 34.2 Å². The third-order valence-electron chi connectivity index (χ3n) is 2.58. The minimum absolute atomic E-state index is 0.0602. The summed E-state index contributed by atoms with van der Waals surface area (Å²) in [6.45, 7) is 4.94. The van der Waals surface area contributed by atoms with E-state index in [-0.39, 0.29) is 5.60 Å². The zero-order chi connectivity index (χ0) is 9.86. The van der Waals surface area contributed by atoms with Gasteiger partial charge in [-0.2, -0.15) is 0 Å². The molecule has 0 saturated carbocycles. The van der Waals surface area contributed by atoms with Crippen molar-refractivity contribution in [3.8, 4) is 0 Å². The Bertz CT molecular complexity index is 268. The summed E-state index contributed by atoms with van der Waals surface area (Å²) in [6, 6.07) is 0. The van der Waals surface area contributed by atoms with Crippen LogP contribution in [0.4, 0.5) is 0 Å². The third-order valence-corrected chi connectivity index (χ3v) is 3.36. The Labute approximate surface area is 88.5 Å². The molecule has 1 aliphatic heterocycles. The van der Waals surface area contributed by atoms with Crippen LogP contribution in [0.5, 0.6) is 0 Å². The molecule has 0 amide bonds. The molecule has 2 heterocycles. The van der Waals surface area contributed by atoms with E-state index in [2.05, 4.69) is 17.2 Å². The van der Waals surface area contributed by atoms with E-state index in [9.17, 15) is 0 Å². The summed E-state index contributed by atoms with van der Waals surface area (Å²) >= 11 is 1.69. The van der Waals surface area contributed by atoms with Gasteiger partial charge in [0.2, 0.25) is 0 Å². The van der Waals surface area contributed by atoms with E-state index in [0.717, 1.165) is 19.7 Å². The van der Waals surface area contributed by atoms with Gasteiger partial charge in [-0.05, 0) is 19.8 Å². The van der Waals surface area contributed by atoms with Crippen molar-refractivity contribution in [2.45, 2.75) is 31.9 Å². The van der Waals surface area contributed by atoms with Gasteiger partial charge in [0.05, 0.1) is 11.1 Å². The minimum atomic E-state index is 0.0602. The van der Waals surface area contributed by atoms with E-state index in [1.807, 2.05) is 11.7 Å². The maximum absolute atomic E-state index is 5.69. The first-order valence-electron chi connectivity index (χ1n) is 5.01. The summed E-state index contributed by atoms with van der Waals surface area (Å²) in [6.07, 6.45) is 4.27. The fourth-order valence-corrected chi connectivity index (χ4v) is 2.32. The van der Waals surface area contributed by atoms with Gasteiger partial charge in [-0.15, -0.1) is 11.3 Å². The van der Waals surface area contributed by atoms with Gasteiger partial charge in [0, 0.05) is 30.8 Å². The molecule has 78 valence electrons. The number of thiazole rings is 1. The van der Waals surface area contributed by atoms with Crippen molar-refractivity contribution < 1.29 is 4.74 Å². The fourth-order valence-electron chi connectivity index (χ4n) is 1.76. The SMILES string of the molecule is CC1(CNCc2cncs2)CCCO1. The summed E-state index contributed by atoms with van der Waals surface area (Å²) in [5.74, 6) is 0. The number of hydrogen-bond acceptors (Lipinski definition) is 4. The largest absolute Gasteiger partial charge is 0.374 e. The normalized spacial score (nSPS) is 26.9. The number of nitrogens with zero attached hydrogens (tertiary/aromatic N) is 1. The highest BCUT2D eigenvalue weighted by atomic mass is 32.1. The van der Waals surface area contributed by atoms with Gasteiger partial charge in [0.1, 0.15) is 0 Å². The van der Waals surface area contributed by atoms with Crippen molar-refractivity contribution in [1.82, 2.24) is 10.3 Å². The molecule has 4 heteroatoms. The van der Waals surface area contributed by atoms with Crippen LogP contribution >= 0.6 is 11.3 Å². The van der Waals surface area contributed by atoms with Crippen LogP contribution in [-0.4, -0.2) is 23.7 Å². The minimum Gasteiger partial charge on any atom is -0.374 e. The maximum Gasteiger partial charge on any atom is 0.0794 e. The van der Waals surface area contributed by atoms with Crippen molar-refractivity contribution in [3.05, 3.63) is 16.6 Å². The van der Waals surface area contributed by atoms with Crippen LogP contribution in [-0.2, 0) is 11.3 Å². The van der Waals surface area contributed by atoms with Crippen LogP contribution in [0, 0.1) is 0 Å². The van der Waals surface area contributed by atoms with Gasteiger partial charge in [0.25, 0.3) is 0 Å². The van der Waals surface area contributed by atoms with E-state index in [1.165, 1.54) is 17.7 Å². The molecule has 0 bridgehead atoms.